The molecule has 2 rings (SSSR count). The molecule has 3 heteroatoms. The Kier molecular flexibility index (Phi) is 4.40. The first-order valence-electron chi connectivity index (χ1n) is 6.98. The maximum absolute atomic E-state index is 6.00. The minimum absolute atomic E-state index is 0.104. The zero-order valence-electron chi connectivity index (χ0n) is 12.6. The second kappa shape index (κ2) is 6.06. The van der Waals surface area contributed by atoms with Crippen LogP contribution in [0.3, 0.4) is 0 Å². The lowest BCUT2D eigenvalue weighted by Crippen LogP contribution is -2.07. The highest BCUT2D eigenvalue weighted by atomic mass is 16.5. The van der Waals surface area contributed by atoms with Gasteiger partial charge in [-0.3, -0.25) is 0 Å². The van der Waals surface area contributed by atoms with E-state index >= 15 is 0 Å². The third-order valence-electron chi connectivity index (χ3n) is 3.38. The van der Waals surface area contributed by atoms with E-state index in [0.717, 1.165) is 16.9 Å². The smallest absolute Gasteiger partial charge is 0.223 e. The molecule has 0 amide bonds. The average molecular weight is 270 g/mol. The number of nitrogens with two attached hydrogens (primary N) is 1. The molecule has 0 saturated heterocycles. The SMILES string of the molecule is Cc1ccc(C(C)C)cc1Oc1ncccc1[C@H](C)N. The molecule has 1 heterocycles. The van der Waals surface area contributed by atoms with Gasteiger partial charge in [-0.05, 0) is 43.0 Å². The van der Waals surface area contributed by atoms with E-state index in [9.17, 15) is 0 Å². The molecule has 0 aliphatic rings. The highest BCUT2D eigenvalue weighted by Crippen LogP contribution is 2.30. The Morgan fingerprint density at radius 1 is 1.15 bits per heavy atom. The molecule has 0 spiro atoms. The van der Waals surface area contributed by atoms with Crippen LogP contribution in [-0.2, 0) is 0 Å². The highest BCUT2D eigenvalue weighted by molar-refractivity contribution is 5.41. The fourth-order valence-electron chi connectivity index (χ4n) is 2.02. The van der Waals surface area contributed by atoms with Gasteiger partial charge in [-0.15, -0.1) is 0 Å². The van der Waals surface area contributed by atoms with Crippen LogP contribution < -0.4 is 10.5 Å². The minimum Gasteiger partial charge on any atom is -0.438 e. The third kappa shape index (κ3) is 3.17. The Hall–Kier alpha value is -1.87. The molecular formula is C17H22N2O. The second-order valence-corrected chi connectivity index (χ2v) is 5.47. The molecule has 0 radical (unpaired) electrons. The molecule has 3 nitrogen and oxygen atoms in total. The summed E-state index contributed by atoms with van der Waals surface area (Å²) < 4.78 is 6.00. The van der Waals surface area contributed by atoms with Gasteiger partial charge in [0.25, 0.3) is 0 Å². The van der Waals surface area contributed by atoms with Crippen molar-refractivity contribution in [2.75, 3.05) is 0 Å². The van der Waals surface area contributed by atoms with Crippen LogP contribution in [0.25, 0.3) is 0 Å². The first kappa shape index (κ1) is 14.5. The third-order valence-corrected chi connectivity index (χ3v) is 3.38. The van der Waals surface area contributed by atoms with Crippen molar-refractivity contribution in [3.8, 4) is 11.6 Å². The number of nitrogens with zero attached hydrogens (tertiary/aromatic N) is 1. The fourth-order valence-corrected chi connectivity index (χ4v) is 2.02. The summed E-state index contributed by atoms with van der Waals surface area (Å²) in [5.74, 6) is 1.90. The Labute approximate surface area is 120 Å². The number of aryl methyl sites for hydroxylation is 1. The summed E-state index contributed by atoms with van der Waals surface area (Å²) in [7, 11) is 0. The molecule has 1 aromatic carbocycles. The lowest BCUT2D eigenvalue weighted by molar-refractivity contribution is 0.448. The highest BCUT2D eigenvalue weighted by Gasteiger charge is 2.12. The predicted molar refractivity (Wildman–Crippen MR) is 82.2 cm³/mol. The number of rotatable bonds is 4. The van der Waals surface area contributed by atoms with Crippen LogP contribution in [0.4, 0.5) is 0 Å². The van der Waals surface area contributed by atoms with Gasteiger partial charge in [-0.1, -0.05) is 32.0 Å². The van der Waals surface area contributed by atoms with E-state index in [1.54, 1.807) is 6.20 Å². The van der Waals surface area contributed by atoms with E-state index in [1.807, 2.05) is 26.0 Å². The van der Waals surface area contributed by atoms with Crippen LogP contribution in [0.15, 0.2) is 36.5 Å². The number of pyridine rings is 1. The average Bonchev–Trinajstić information content (AvgIpc) is 2.41. The van der Waals surface area contributed by atoms with Gasteiger partial charge >= 0.3 is 0 Å². The van der Waals surface area contributed by atoms with Crippen LogP contribution in [0.5, 0.6) is 11.6 Å². The van der Waals surface area contributed by atoms with Gasteiger partial charge in [-0.25, -0.2) is 4.98 Å². The van der Waals surface area contributed by atoms with E-state index in [-0.39, 0.29) is 6.04 Å². The quantitative estimate of drug-likeness (QED) is 0.899. The molecule has 2 aromatic rings. The molecule has 0 aliphatic carbocycles. The molecule has 2 N–H and O–H groups in total. The zero-order chi connectivity index (χ0) is 14.7. The molecule has 1 aromatic heterocycles. The number of hydrogen-bond donors (Lipinski definition) is 1. The van der Waals surface area contributed by atoms with Crippen LogP contribution in [0.1, 0.15) is 49.4 Å². The summed E-state index contributed by atoms with van der Waals surface area (Å²) in [6.45, 7) is 8.31. The van der Waals surface area contributed by atoms with Gasteiger partial charge in [-0.2, -0.15) is 0 Å². The zero-order valence-corrected chi connectivity index (χ0v) is 12.6. The van der Waals surface area contributed by atoms with Crippen molar-refractivity contribution in [3.05, 3.63) is 53.2 Å². The number of benzene rings is 1. The second-order valence-electron chi connectivity index (χ2n) is 5.47. The van der Waals surface area contributed by atoms with E-state index in [0.29, 0.717) is 11.8 Å². The summed E-state index contributed by atoms with van der Waals surface area (Å²) in [6, 6.07) is 10.0. The number of aromatic nitrogens is 1. The standard InChI is InChI=1S/C17H22N2O/c1-11(2)14-8-7-12(3)16(10-14)20-17-15(13(4)18)6-5-9-19-17/h5-11,13H,18H2,1-4H3/t13-/m0/s1. The lowest BCUT2D eigenvalue weighted by atomic mass is 10.0. The molecule has 0 unspecified atom stereocenters. The summed E-state index contributed by atoms with van der Waals surface area (Å²) in [5, 5.41) is 0. The summed E-state index contributed by atoms with van der Waals surface area (Å²) in [4.78, 5) is 4.31. The van der Waals surface area contributed by atoms with Crippen molar-refractivity contribution < 1.29 is 4.74 Å². The molecule has 106 valence electrons. The van der Waals surface area contributed by atoms with Crippen molar-refractivity contribution in [1.29, 1.82) is 0 Å². The summed E-state index contributed by atoms with van der Waals surface area (Å²) in [5.41, 5.74) is 9.23. The van der Waals surface area contributed by atoms with E-state index in [4.69, 9.17) is 10.5 Å². The number of ether oxygens (including phenoxy) is 1. The molecule has 0 aliphatic heterocycles. The molecule has 0 bridgehead atoms. The van der Waals surface area contributed by atoms with Gasteiger partial charge in [0.2, 0.25) is 5.88 Å². The minimum atomic E-state index is -0.104. The first-order valence-corrected chi connectivity index (χ1v) is 6.98. The summed E-state index contributed by atoms with van der Waals surface area (Å²) in [6.07, 6.45) is 1.73. The van der Waals surface area contributed by atoms with Crippen molar-refractivity contribution >= 4 is 0 Å². The summed E-state index contributed by atoms with van der Waals surface area (Å²) >= 11 is 0. The molecule has 0 fully saturated rings. The van der Waals surface area contributed by atoms with Crippen molar-refractivity contribution in [2.45, 2.75) is 39.7 Å². The predicted octanol–water partition coefficient (Wildman–Crippen LogP) is 4.33. The Morgan fingerprint density at radius 3 is 2.55 bits per heavy atom. The molecule has 20 heavy (non-hydrogen) atoms. The Bertz CT molecular complexity index is 591. The maximum atomic E-state index is 6.00. The van der Waals surface area contributed by atoms with Crippen LogP contribution in [-0.4, -0.2) is 4.98 Å². The van der Waals surface area contributed by atoms with E-state index < -0.39 is 0 Å². The first-order chi connectivity index (χ1) is 9.49. The van der Waals surface area contributed by atoms with Gasteiger partial charge in [0.1, 0.15) is 5.75 Å². The van der Waals surface area contributed by atoms with Gasteiger partial charge < -0.3 is 10.5 Å². The van der Waals surface area contributed by atoms with Crippen LogP contribution in [0, 0.1) is 6.92 Å². The van der Waals surface area contributed by atoms with Crippen molar-refractivity contribution in [2.24, 2.45) is 5.73 Å². The van der Waals surface area contributed by atoms with Gasteiger partial charge in [0, 0.05) is 17.8 Å². The Balaban J connectivity index is 2.37. The van der Waals surface area contributed by atoms with Crippen molar-refractivity contribution in [3.63, 3.8) is 0 Å². The molecule has 0 saturated carbocycles. The molecule has 1 atom stereocenters. The largest absolute Gasteiger partial charge is 0.438 e. The topological polar surface area (TPSA) is 48.1 Å². The van der Waals surface area contributed by atoms with E-state index in [1.165, 1.54) is 5.56 Å². The van der Waals surface area contributed by atoms with Crippen LogP contribution >= 0.6 is 0 Å². The van der Waals surface area contributed by atoms with E-state index in [2.05, 4.69) is 37.0 Å². The molecular weight excluding hydrogens is 248 g/mol. The maximum Gasteiger partial charge on any atom is 0.223 e. The van der Waals surface area contributed by atoms with Crippen molar-refractivity contribution in [1.82, 2.24) is 4.98 Å². The Morgan fingerprint density at radius 2 is 1.90 bits per heavy atom. The monoisotopic (exact) mass is 270 g/mol. The van der Waals surface area contributed by atoms with Crippen LogP contribution in [0.2, 0.25) is 0 Å². The number of hydrogen-bond acceptors (Lipinski definition) is 3. The van der Waals surface area contributed by atoms with Gasteiger partial charge in [0.05, 0.1) is 0 Å². The lowest BCUT2D eigenvalue weighted by Gasteiger charge is -2.15. The fraction of sp³-hybridized carbons (Fsp3) is 0.353. The van der Waals surface area contributed by atoms with Gasteiger partial charge in [0.15, 0.2) is 0 Å². The normalized spacial score (nSPS) is 12.5.